The van der Waals surface area contributed by atoms with E-state index in [1.54, 1.807) is 0 Å². The Labute approximate surface area is 184 Å². The van der Waals surface area contributed by atoms with Crippen molar-refractivity contribution in [2.24, 2.45) is 39.9 Å². The molecule has 0 N–H and O–H groups in total. The average Bonchev–Trinajstić information content (AvgIpc) is 3.37. The van der Waals surface area contributed by atoms with Crippen LogP contribution in [0.15, 0.2) is 37.0 Å². The van der Waals surface area contributed by atoms with Gasteiger partial charge < -0.3 is 0 Å². The molecular weight excluding hydrogens is 348 g/mol. The van der Waals surface area contributed by atoms with Gasteiger partial charge in [0.1, 0.15) is 0 Å². The molecule has 0 heterocycles. The van der Waals surface area contributed by atoms with Crippen LogP contribution in [0.25, 0.3) is 0 Å². The Morgan fingerprint density at radius 1 is 0.828 bits per heavy atom. The largest absolute Gasteiger partial charge is 0.102 e. The maximum Gasteiger partial charge on any atom is -0.00503 e. The van der Waals surface area contributed by atoms with E-state index in [9.17, 15) is 0 Å². The molecule has 168 valence electrons. The van der Waals surface area contributed by atoms with Gasteiger partial charge >= 0.3 is 0 Å². The van der Waals surface area contributed by atoms with Gasteiger partial charge in [0.25, 0.3) is 0 Å². The molecule has 0 aromatic rings. The van der Waals surface area contributed by atoms with E-state index in [0.717, 1.165) is 17.8 Å². The second kappa shape index (κ2) is 11.0. The van der Waals surface area contributed by atoms with E-state index >= 15 is 0 Å². The van der Waals surface area contributed by atoms with Crippen molar-refractivity contribution < 1.29 is 0 Å². The molecule has 1 fully saturated rings. The molecule has 0 aromatic carbocycles. The minimum absolute atomic E-state index is 0.387. The Morgan fingerprint density at radius 2 is 1.45 bits per heavy atom. The van der Waals surface area contributed by atoms with Gasteiger partial charge in [-0.3, -0.25) is 0 Å². The van der Waals surface area contributed by atoms with Crippen LogP contribution >= 0.6 is 0 Å². The van der Waals surface area contributed by atoms with Crippen molar-refractivity contribution in [2.45, 2.75) is 107 Å². The summed E-state index contributed by atoms with van der Waals surface area (Å²) in [5, 5.41) is 0. The van der Waals surface area contributed by atoms with E-state index in [4.69, 9.17) is 0 Å². The molecule has 0 aromatic heterocycles. The van der Waals surface area contributed by atoms with Gasteiger partial charge in [0, 0.05) is 0 Å². The van der Waals surface area contributed by atoms with Gasteiger partial charge in [0.05, 0.1) is 0 Å². The molecule has 1 saturated carbocycles. The van der Waals surface area contributed by atoms with E-state index < -0.39 is 0 Å². The molecule has 2 aliphatic rings. The zero-order chi connectivity index (χ0) is 22.3. The second-order valence-corrected chi connectivity index (χ2v) is 11.8. The minimum atomic E-state index is 0.387. The highest BCUT2D eigenvalue weighted by Crippen LogP contribution is 2.45. The summed E-state index contributed by atoms with van der Waals surface area (Å²) in [7, 11) is 0. The van der Waals surface area contributed by atoms with Crippen LogP contribution in [0.1, 0.15) is 107 Å². The minimum Gasteiger partial charge on any atom is -0.102 e. The van der Waals surface area contributed by atoms with Crippen LogP contribution in [0, 0.1) is 39.9 Å². The Hall–Kier alpha value is -0.780. The van der Waals surface area contributed by atoms with Gasteiger partial charge in [0.15, 0.2) is 0 Å². The fourth-order valence-electron chi connectivity index (χ4n) is 4.45. The third-order valence-electron chi connectivity index (χ3n) is 8.55. The predicted octanol–water partition coefficient (Wildman–Crippen LogP) is 9.63. The summed E-state index contributed by atoms with van der Waals surface area (Å²) in [4.78, 5) is 0. The zero-order valence-electron chi connectivity index (χ0n) is 21.4. The highest BCUT2D eigenvalue weighted by molar-refractivity contribution is 5.10. The number of hydrogen-bond donors (Lipinski definition) is 0. The van der Waals surface area contributed by atoms with Gasteiger partial charge in [-0.25, -0.2) is 0 Å². The van der Waals surface area contributed by atoms with Crippen molar-refractivity contribution in [1.82, 2.24) is 0 Å². The van der Waals surface area contributed by atoms with Crippen molar-refractivity contribution in [3.63, 3.8) is 0 Å². The third-order valence-corrected chi connectivity index (χ3v) is 8.55. The van der Waals surface area contributed by atoms with Gasteiger partial charge in [-0.15, -0.1) is 6.58 Å². The first-order valence-corrected chi connectivity index (χ1v) is 12.4. The SMILES string of the molecule is C=CC1C=CC(C(C)(C)CC)C1.CCC(C)(C)/C=C/C1CCC(C(C)(C)CC)C1. The van der Waals surface area contributed by atoms with E-state index in [2.05, 4.69) is 99.3 Å². The van der Waals surface area contributed by atoms with Crippen molar-refractivity contribution in [3.8, 4) is 0 Å². The molecule has 0 heteroatoms. The van der Waals surface area contributed by atoms with E-state index in [1.165, 1.54) is 44.9 Å². The van der Waals surface area contributed by atoms with Crippen molar-refractivity contribution >= 4 is 0 Å². The monoisotopic (exact) mass is 400 g/mol. The molecule has 29 heavy (non-hydrogen) atoms. The van der Waals surface area contributed by atoms with Crippen molar-refractivity contribution in [3.05, 3.63) is 37.0 Å². The molecule has 0 aliphatic heterocycles. The molecule has 0 spiro atoms. The van der Waals surface area contributed by atoms with Gasteiger partial charge in [-0.2, -0.15) is 0 Å². The Kier molecular flexibility index (Phi) is 9.97. The van der Waals surface area contributed by atoms with E-state index in [1.807, 2.05) is 0 Å². The molecule has 2 aliphatic carbocycles. The highest BCUT2D eigenvalue weighted by atomic mass is 14.4. The van der Waals surface area contributed by atoms with Gasteiger partial charge in [-0.05, 0) is 72.0 Å². The summed E-state index contributed by atoms with van der Waals surface area (Å²) in [5.74, 6) is 3.16. The molecule has 0 bridgehead atoms. The second-order valence-electron chi connectivity index (χ2n) is 11.8. The molecular formula is C29H52. The number of hydrogen-bond acceptors (Lipinski definition) is 0. The first kappa shape index (κ1) is 26.3. The molecule has 0 amide bonds. The van der Waals surface area contributed by atoms with Crippen LogP contribution in [0.2, 0.25) is 0 Å². The molecule has 2 rings (SSSR count). The fraction of sp³-hybridized carbons (Fsp3) is 0.793. The topological polar surface area (TPSA) is 0 Å². The lowest BCUT2D eigenvalue weighted by molar-refractivity contribution is 0.205. The molecule has 0 saturated heterocycles. The first-order chi connectivity index (χ1) is 13.4. The standard InChI is InChI=1S/C17H32.C12H20/c1-7-16(3,4)12-11-14-9-10-15(13-14)17(5,6)8-2;1-5-10-7-8-11(9-10)12(3,4)6-2/h11-12,14-15H,7-10,13H2,1-6H3;5,7-8,10-11H,1,6,9H2,2-4H3/b12-11+;. The van der Waals surface area contributed by atoms with Crippen molar-refractivity contribution in [1.29, 1.82) is 0 Å². The fourth-order valence-corrected chi connectivity index (χ4v) is 4.45. The van der Waals surface area contributed by atoms with Crippen LogP contribution in [0.3, 0.4) is 0 Å². The van der Waals surface area contributed by atoms with Crippen LogP contribution in [-0.4, -0.2) is 0 Å². The predicted molar refractivity (Wildman–Crippen MR) is 133 cm³/mol. The zero-order valence-corrected chi connectivity index (χ0v) is 21.4. The van der Waals surface area contributed by atoms with Crippen LogP contribution in [0.5, 0.6) is 0 Å². The summed E-state index contributed by atoms with van der Waals surface area (Å²) < 4.78 is 0. The van der Waals surface area contributed by atoms with Crippen LogP contribution in [0.4, 0.5) is 0 Å². The molecule has 0 nitrogen and oxygen atoms in total. The molecule has 4 unspecified atom stereocenters. The summed E-state index contributed by atoms with van der Waals surface area (Å²) in [5.41, 5.74) is 1.40. The number of rotatable bonds is 8. The van der Waals surface area contributed by atoms with Crippen LogP contribution in [-0.2, 0) is 0 Å². The summed E-state index contributed by atoms with van der Waals surface area (Å²) in [6, 6.07) is 0. The summed E-state index contributed by atoms with van der Waals surface area (Å²) in [6.45, 7) is 25.0. The average molecular weight is 401 g/mol. The lowest BCUT2D eigenvalue weighted by atomic mass is 9.75. The summed E-state index contributed by atoms with van der Waals surface area (Å²) >= 11 is 0. The Bertz CT molecular complexity index is 542. The quantitative estimate of drug-likeness (QED) is 0.356. The normalized spacial score (nSPS) is 27.9. The third kappa shape index (κ3) is 8.10. The number of allylic oxidation sites excluding steroid dienone is 5. The lowest BCUT2D eigenvalue weighted by Crippen LogP contribution is -2.20. The first-order valence-electron chi connectivity index (χ1n) is 12.4. The molecule has 4 atom stereocenters. The lowest BCUT2D eigenvalue weighted by Gasteiger charge is -2.30. The Balaban J connectivity index is 0.000000308. The summed E-state index contributed by atoms with van der Waals surface area (Å²) in [6.07, 6.45) is 21.0. The van der Waals surface area contributed by atoms with Crippen LogP contribution < -0.4 is 0 Å². The smallest absolute Gasteiger partial charge is 0.00503 e. The highest BCUT2D eigenvalue weighted by Gasteiger charge is 2.34. The molecule has 0 radical (unpaired) electrons. The maximum atomic E-state index is 3.83. The van der Waals surface area contributed by atoms with E-state index in [0.29, 0.717) is 22.2 Å². The van der Waals surface area contributed by atoms with Crippen molar-refractivity contribution in [2.75, 3.05) is 0 Å². The maximum absolute atomic E-state index is 3.83. The Morgan fingerprint density at radius 3 is 1.93 bits per heavy atom. The van der Waals surface area contributed by atoms with Gasteiger partial charge in [-0.1, -0.05) is 106 Å². The van der Waals surface area contributed by atoms with Gasteiger partial charge in [0.2, 0.25) is 0 Å². The van der Waals surface area contributed by atoms with E-state index in [-0.39, 0.29) is 0 Å².